The van der Waals surface area contributed by atoms with Gasteiger partial charge in [0.25, 0.3) is 0 Å². The summed E-state index contributed by atoms with van der Waals surface area (Å²) in [5, 5.41) is 0. The van der Waals surface area contributed by atoms with E-state index in [1.165, 1.54) is 0 Å². The van der Waals surface area contributed by atoms with Crippen LogP contribution in [0.2, 0.25) is 0 Å². The summed E-state index contributed by atoms with van der Waals surface area (Å²) in [6.45, 7) is 0.423. The van der Waals surface area contributed by atoms with Crippen molar-refractivity contribution in [2.45, 2.75) is 49.9 Å². The molecular weight excluding hydrogens is 512 g/mol. The van der Waals surface area contributed by atoms with Crippen LogP contribution in [0, 0.1) is 0 Å². The van der Waals surface area contributed by atoms with Gasteiger partial charge in [-0.15, -0.1) is 0 Å². The molecule has 0 fully saturated rings. The maximum Gasteiger partial charge on any atom is 0.460 e. The van der Waals surface area contributed by atoms with Crippen molar-refractivity contribution in [3.63, 3.8) is 0 Å². The number of rotatable bonds is 6. The first-order chi connectivity index (χ1) is 14.9. The van der Waals surface area contributed by atoms with Crippen LogP contribution in [0.1, 0.15) is 19.4 Å². The topological polar surface area (TPSA) is 20.3 Å². The monoisotopic (exact) mass is 525 g/mol. The first-order valence-electron chi connectivity index (χ1n) is 8.57. The van der Waals surface area contributed by atoms with Crippen molar-refractivity contribution < 1.29 is 66.3 Å². The molecule has 1 aromatic rings. The van der Waals surface area contributed by atoms with E-state index >= 15 is 0 Å². The number of hydrogen-bond donors (Lipinski definition) is 0. The Balaban J connectivity index is 4.04. The highest BCUT2D eigenvalue weighted by Gasteiger charge is 2.78. The standard InChI is InChI=1S/C18H13F14NO/c1-8(13(19,20)15(23,24)17(27,28)29)12(14(21,22)16(25,26)18(30,31)32)10-4-6-11(7-5-10)33(3)9(2)34/h4-7H,1-3H3/b12-8+. The maximum absolute atomic E-state index is 14.4. The normalized spacial score (nSPS) is 15.2. The third kappa shape index (κ3) is 4.67. The van der Waals surface area contributed by atoms with Gasteiger partial charge in [0, 0.05) is 30.8 Å². The van der Waals surface area contributed by atoms with Gasteiger partial charge in [-0.2, -0.15) is 61.5 Å². The van der Waals surface area contributed by atoms with Crippen LogP contribution in [0.25, 0.3) is 5.57 Å². The van der Waals surface area contributed by atoms with Crippen LogP contribution in [-0.4, -0.2) is 49.0 Å². The highest BCUT2D eigenvalue weighted by atomic mass is 19.4. The first-order valence-corrected chi connectivity index (χ1v) is 8.57. The summed E-state index contributed by atoms with van der Waals surface area (Å²) in [5.74, 6) is -28.4. The zero-order valence-electron chi connectivity index (χ0n) is 17.0. The van der Waals surface area contributed by atoms with Crippen LogP contribution in [-0.2, 0) is 4.79 Å². The summed E-state index contributed by atoms with van der Waals surface area (Å²) in [4.78, 5) is 12.1. The van der Waals surface area contributed by atoms with Gasteiger partial charge in [-0.1, -0.05) is 12.1 Å². The maximum atomic E-state index is 14.4. The molecule has 0 saturated heterocycles. The molecule has 34 heavy (non-hydrogen) atoms. The Labute approximate surface area is 181 Å². The number of nitrogens with zero attached hydrogens (tertiary/aromatic N) is 1. The van der Waals surface area contributed by atoms with E-state index in [2.05, 4.69) is 0 Å². The Kier molecular flexibility index (Phi) is 7.45. The fourth-order valence-electron chi connectivity index (χ4n) is 2.57. The minimum Gasteiger partial charge on any atom is -0.316 e. The van der Waals surface area contributed by atoms with Crippen molar-refractivity contribution in [2.24, 2.45) is 0 Å². The highest BCUT2D eigenvalue weighted by molar-refractivity contribution is 5.91. The number of halogens is 14. The fourth-order valence-corrected chi connectivity index (χ4v) is 2.57. The van der Waals surface area contributed by atoms with Crippen LogP contribution in [0.15, 0.2) is 29.8 Å². The number of benzene rings is 1. The van der Waals surface area contributed by atoms with Gasteiger partial charge < -0.3 is 4.90 Å². The third-order valence-corrected chi connectivity index (χ3v) is 4.68. The van der Waals surface area contributed by atoms with Crippen molar-refractivity contribution in [1.82, 2.24) is 0 Å². The lowest BCUT2D eigenvalue weighted by molar-refractivity contribution is -0.347. The molecule has 0 unspecified atom stereocenters. The van der Waals surface area contributed by atoms with E-state index in [0.717, 1.165) is 18.9 Å². The Bertz CT molecular complexity index is 941. The summed E-state index contributed by atoms with van der Waals surface area (Å²) in [7, 11) is 1.07. The second-order valence-corrected chi connectivity index (χ2v) is 6.92. The lowest BCUT2D eigenvalue weighted by atomic mass is 9.86. The second-order valence-electron chi connectivity index (χ2n) is 6.92. The van der Waals surface area contributed by atoms with Gasteiger partial charge in [-0.3, -0.25) is 4.79 Å². The third-order valence-electron chi connectivity index (χ3n) is 4.68. The molecule has 0 heterocycles. The number of alkyl halides is 14. The largest absolute Gasteiger partial charge is 0.460 e. The number of carbonyl (C=O) groups is 1. The molecule has 0 N–H and O–H groups in total. The summed E-state index contributed by atoms with van der Waals surface area (Å²) in [6.07, 6.45) is -14.2. The van der Waals surface area contributed by atoms with E-state index in [-0.39, 0.29) is 17.8 Å². The van der Waals surface area contributed by atoms with Crippen molar-refractivity contribution in [3.8, 4) is 0 Å². The molecule has 0 aliphatic carbocycles. The highest BCUT2D eigenvalue weighted by Crippen LogP contribution is 2.57. The van der Waals surface area contributed by atoms with Crippen molar-refractivity contribution in [3.05, 3.63) is 35.4 Å². The van der Waals surface area contributed by atoms with Crippen molar-refractivity contribution in [2.75, 3.05) is 11.9 Å². The number of amides is 1. The van der Waals surface area contributed by atoms with Crippen molar-refractivity contribution >= 4 is 17.2 Å². The quantitative estimate of drug-likeness (QED) is 0.363. The Morgan fingerprint density at radius 3 is 1.32 bits per heavy atom. The minimum atomic E-state index is -7.17. The SMILES string of the molecule is CC(=O)N(C)c1ccc(/C(=C(/C)C(F)(F)C(F)(F)C(F)(F)F)C(F)(F)C(F)(F)C(F)(F)F)cc1. The molecular formula is C18H13F14NO. The smallest absolute Gasteiger partial charge is 0.316 e. The van der Waals surface area contributed by atoms with Crippen molar-refractivity contribution in [1.29, 1.82) is 0 Å². The van der Waals surface area contributed by atoms with E-state index in [9.17, 15) is 66.3 Å². The Morgan fingerprint density at radius 2 is 1.00 bits per heavy atom. The fraction of sp³-hybridized carbons (Fsp3) is 0.500. The molecule has 0 radical (unpaired) electrons. The lowest BCUT2D eigenvalue weighted by Crippen LogP contribution is -2.55. The van der Waals surface area contributed by atoms with Crippen LogP contribution < -0.4 is 4.90 Å². The first kappa shape index (κ1) is 29.5. The Morgan fingerprint density at radius 1 is 0.647 bits per heavy atom. The van der Waals surface area contributed by atoms with Crippen LogP contribution in [0.3, 0.4) is 0 Å². The summed E-state index contributed by atoms with van der Waals surface area (Å²) >= 11 is 0. The molecule has 0 saturated carbocycles. The van der Waals surface area contributed by atoms with E-state index < -0.39 is 65.6 Å². The molecule has 0 spiro atoms. The average Bonchev–Trinajstić information content (AvgIpc) is 2.65. The molecule has 1 aromatic carbocycles. The predicted molar refractivity (Wildman–Crippen MR) is 90.0 cm³/mol. The zero-order valence-corrected chi connectivity index (χ0v) is 17.0. The average molecular weight is 525 g/mol. The molecule has 16 heteroatoms. The molecule has 0 aromatic heterocycles. The number of carbonyl (C=O) groups excluding carboxylic acids is 1. The molecule has 0 bridgehead atoms. The molecule has 0 aliphatic heterocycles. The lowest BCUT2D eigenvalue weighted by Gasteiger charge is -2.35. The summed E-state index contributed by atoms with van der Waals surface area (Å²) < 4.78 is 187. The van der Waals surface area contributed by atoms with Gasteiger partial charge >= 0.3 is 36.0 Å². The van der Waals surface area contributed by atoms with E-state index in [1.54, 1.807) is 0 Å². The molecule has 0 aliphatic rings. The minimum absolute atomic E-state index is 0.176. The zero-order chi connectivity index (χ0) is 27.3. The van der Waals surface area contributed by atoms with E-state index in [1.807, 2.05) is 0 Å². The molecule has 2 nitrogen and oxygen atoms in total. The van der Waals surface area contributed by atoms with Gasteiger partial charge in [0.1, 0.15) is 0 Å². The number of anilines is 1. The van der Waals surface area contributed by atoms with Crippen LogP contribution >= 0.6 is 0 Å². The van der Waals surface area contributed by atoms with Gasteiger partial charge in [-0.25, -0.2) is 0 Å². The van der Waals surface area contributed by atoms with Crippen LogP contribution in [0.5, 0.6) is 0 Å². The predicted octanol–water partition coefficient (Wildman–Crippen LogP) is 7.11. The van der Waals surface area contributed by atoms with Gasteiger partial charge in [0.15, 0.2) is 0 Å². The van der Waals surface area contributed by atoms with E-state index in [0.29, 0.717) is 12.1 Å². The van der Waals surface area contributed by atoms with Crippen LogP contribution in [0.4, 0.5) is 67.2 Å². The van der Waals surface area contributed by atoms with Gasteiger partial charge in [-0.05, 0) is 24.6 Å². The van der Waals surface area contributed by atoms with Gasteiger partial charge in [0.05, 0.1) is 0 Å². The number of hydrogen-bond acceptors (Lipinski definition) is 1. The molecule has 1 amide bonds. The van der Waals surface area contributed by atoms with E-state index in [4.69, 9.17) is 0 Å². The Hall–Kier alpha value is -2.55. The molecule has 1 rings (SSSR count). The summed E-state index contributed by atoms with van der Waals surface area (Å²) in [5.41, 5.74) is -8.10. The van der Waals surface area contributed by atoms with Gasteiger partial charge in [0.2, 0.25) is 5.91 Å². The second kappa shape index (κ2) is 8.59. The summed E-state index contributed by atoms with van der Waals surface area (Å²) in [6, 6.07) is 1.50. The molecule has 0 atom stereocenters. The number of allylic oxidation sites excluding steroid dienone is 2. The molecule has 194 valence electrons.